The molecule has 13 heavy (non-hydrogen) atoms. The van der Waals surface area contributed by atoms with Gasteiger partial charge in [-0.15, -0.1) is 0 Å². The first kappa shape index (κ1) is 12.4. The molecular weight excluding hydrogens is 317 g/mol. The molecule has 0 nitrogen and oxygen atoms in total. The Bertz CT molecular complexity index is 320. The molecular formula is C6Cl6S. The topological polar surface area (TPSA) is 0 Å². The minimum Gasteiger partial charge on any atom is -0.0813 e. The van der Waals surface area contributed by atoms with Crippen molar-refractivity contribution < 1.29 is 0 Å². The molecule has 0 unspecified atom stereocenters. The predicted octanol–water partition coefficient (Wildman–Crippen LogP) is 6.20. The molecule has 0 saturated carbocycles. The van der Waals surface area contributed by atoms with Gasteiger partial charge in [0, 0.05) is 0 Å². The first-order chi connectivity index (χ1) is 6.00. The lowest BCUT2D eigenvalue weighted by Crippen LogP contribution is -1.81. The van der Waals surface area contributed by atoms with Crippen LogP contribution in [0, 0.1) is 0 Å². The van der Waals surface area contributed by atoms with Gasteiger partial charge in [-0.2, -0.15) is 0 Å². The summed E-state index contributed by atoms with van der Waals surface area (Å²) in [6.45, 7) is 0. The van der Waals surface area contributed by atoms with Gasteiger partial charge in [0.05, 0.1) is 30.0 Å². The summed E-state index contributed by atoms with van der Waals surface area (Å²) in [5.41, 5.74) is 0. The van der Waals surface area contributed by atoms with E-state index in [1.54, 1.807) is 0 Å². The fraction of sp³-hybridized carbons (Fsp3) is 0. The first-order valence-corrected chi connectivity index (χ1v) is 6.34. The smallest absolute Gasteiger partial charge is 0.0809 e. The lowest BCUT2D eigenvalue weighted by atomic mass is 10.3. The highest BCUT2D eigenvalue weighted by molar-refractivity contribution is 8.21. The Hall–Kier alpha value is 1.31. The van der Waals surface area contributed by atoms with Crippen molar-refractivity contribution in [1.29, 1.82) is 0 Å². The number of benzene rings is 1. The van der Waals surface area contributed by atoms with Crippen LogP contribution in [-0.2, 0) is 0 Å². The summed E-state index contributed by atoms with van der Waals surface area (Å²) in [7, 11) is 6.36. The van der Waals surface area contributed by atoms with E-state index in [-0.39, 0.29) is 25.1 Å². The molecule has 0 aliphatic heterocycles. The van der Waals surface area contributed by atoms with E-state index in [9.17, 15) is 0 Å². The zero-order chi connectivity index (χ0) is 10.2. The Morgan fingerprint density at radius 2 is 0.923 bits per heavy atom. The van der Waals surface area contributed by atoms with E-state index in [2.05, 4.69) is 0 Å². The summed E-state index contributed by atoms with van der Waals surface area (Å²) < 4.78 is 0. The Morgan fingerprint density at radius 3 is 1.23 bits per heavy atom. The third kappa shape index (κ3) is 2.28. The molecule has 1 aromatic rings. The van der Waals surface area contributed by atoms with Crippen LogP contribution in [0.5, 0.6) is 0 Å². The van der Waals surface area contributed by atoms with Crippen molar-refractivity contribution in [3.63, 3.8) is 0 Å². The molecule has 0 aliphatic rings. The van der Waals surface area contributed by atoms with E-state index in [0.717, 1.165) is 11.0 Å². The minimum atomic E-state index is 0.132. The predicted molar refractivity (Wildman–Crippen MR) is 63.2 cm³/mol. The van der Waals surface area contributed by atoms with E-state index in [4.69, 9.17) is 68.7 Å². The van der Waals surface area contributed by atoms with Crippen molar-refractivity contribution in [2.75, 3.05) is 0 Å². The molecule has 0 aliphatic carbocycles. The summed E-state index contributed by atoms with van der Waals surface area (Å²) in [6.07, 6.45) is 0. The van der Waals surface area contributed by atoms with Crippen molar-refractivity contribution in [1.82, 2.24) is 0 Å². The van der Waals surface area contributed by atoms with Gasteiger partial charge < -0.3 is 0 Å². The van der Waals surface area contributed by atoms with Crippen molar-refractivity contribution in [3.05, 3.63) is 25.1 Å². The van der Waals surface area contributed by atoms with Gasteiger partial charge in [-0.25, -0.2) is 0 Å². The molecule has 0 radical (unpaired) electrons. The number of halogens is 6. The quantitative estimate of drug-likeness (QED) is 0.439. The van der Waals surface area contributed by atoms with Crippen LogP contribution in [0.3, 0.4) is 0 Å². The standard InChI is InChI=1S/C6Cl6S/c7-1-2(8)4(10)6(13-12)5(11)3(1)9. The zero-order valence-electron chi connectivity index (χ0n) is 5.68. The lowest BCUT2D eigenvalue weighted by molar-refractivity contribution is 1.47. The zero-order valence-corrected chi connectivity index (χ0v) is 11.0. The van der Waals surface area contributed by atoms with Crippen LogP contribution in [0.1, 0.15) is 0 Å². The van der Waals surface area contributed by atoms with Gasteiger partial charge in [-0.3, -0.25) is 0 Å². The average Bonchev–Trinajstić information content (AvgIpc) is 2.13. The fourth-order valence-corrected chi connectivity index (χ4v) is 3.17. The Kier molecular flexibility index (Phi) is 4.66. The molecule has 0 aromatic heterocycles. The van der Waals surface area contributed by atoms with Crippen LogP contribution in [-0.4, -0.2) is 0 Å². The van der Waals surface area contributed by atoms with Gasteiger partial charge in [0.1, 0.15) is 0 Å². The number of hydrogen-bond donors (Lipinski definition) is 0. The van der Waals surface area contributed by atoms with E-state index >= 15 is 0 Å². The maximum absolute atomic E-state index is 5.81. The van der Waals surface area contributed by atoms with E-state index in [0.29, 0.717) is 4.90 Å². The molecule has 0 saturated heterocycles. The van der Waals surface area contributed by atoms with Crippen LogP contribution in [0.15, 0.2) is 4.90 Å². The monoisotopic (exact) mass is 314 g/mol. The second kappa shape index (κ2) is 4.89. The van der Waals surface area contributed by atoms with Crippen molar-refractivity contribution in [2.45, 2.75) is 4.90 Å². The Labute approximate surface area is 109 Å². The highest BCUT2D eigenvalue weighted by atomic mass is 35.7. The van der Waals surface area contributed by atoms with Crippen LogP contribution >= 0.6 is 79.7 Å². The third-order valence-corrected chi connectivity index (χ3v) is 4.77. The van der Waals surface area contributed by atoms with Crippen LogP contribution < -0.4 is 0 Å². The van der Waals surface area contributed by atoms with Gasteiger partial charge in [-0.1, -0.05) is 58.0 Å². The highest BCUT2D eigenvalue weighted by Gasteiger charge is 2.18. The second-order valence-corrected chi connectivity index (χ2v) is 4.89. The molecule has 0 N–H and O–H groups in total. The Balaban J connectivity index is 3.56. The maximum Gasteiger partial charge on any atom is 0.0809 e. The number of hydrogen-bond acceptors (Lipinski definition) is 1. The molecule has 7 heteroatoms. The van der Waals surface area contributed by atoms with E-state index in [1.807, 2.05) is 0 Å². The van der Waals surface area contributed by atoms with Gasteiger partial charge in [0.15, 0.2) is 0 Å². The van der Waals surface area contributed by atoms with Crippen LogP contribution in [0.4, 0.5) is 0 Å². The molecule has 72 valence electrons. The van der Waals surface area contributed by atoms with Gasteiger partial charge in [0.2, 0.25) is 0 Å². The summed E-state index contributed by atoms with van der Waals surface area (Å²) in [5, 5.41) is 0.858. The Morgan fingerprint density at radius 1 is 0.615 bits per heavy atom. The first-order valence-electron chi connectivity index (χ1n) is 2.80. The lowest BCUT2D eigenvalue weighted by Gasteiger charge is -2.08. The molecule has 0 amide bonds. The second-order valence-electron chi connectivity index (χ2n) is 1.98. The highest BCUT2D eigenvalue weighted by Crippen LogP contribution is 2.48. The minimum absolute atomic E-state index is 0.132. The average molecular weight is 317 g/mol. The van der Waals surface area contributed by atoms with Crippen molar-refractivity contribution in [3.8, 4) is 0 Å². The molecule has 0 atom stereocenters. The van der Waals surface area contributed by atoms with E-state index in [1.165, 1.54) is 0 Å². The van der Waals surface area contributed by atoms with Gasteiger partial charge in [-0.05, 0) is 21.7 Å². The molecule has 0 heterocycles. The molecule has 0 spiro atoms. The molecule has 1 aromatic carbocycles. The largest absolute Gasteiger partial charge is 0.0813 e. The third-order valence-electron chi connectivity index (χ3n) is 1.25. The summed E-state index contributed by atoms with van der Waals surface area (Å²) in [5.74, 6) is 0. The van der Waals surface area contributed by atoms with Gasteiger partial charge in [0.25, 0.3) is 0 Å². The molecule has 0 fully saturated rings. The fourth-order valence-electron chi connectivity index (χ4n) is 0.652. The molecule has 0 bridgehead atoms. The van der Waals surface area contributed by atoms with Crippen LogP contribution in [0.2, 0.25) is 25.1 Å². The summed E-state index contributed by atoms with van der Waals surface area (Å²) >= 11 is 28.9. The van der Waals surface area contributed by atoms with Crippen molar-refractivity contribution in [2.24, 2.45) is 0 Å². The maximum atomic E-state index is 5.81. The van der Waals surface area contributed by atoms with Crippen LogP contribution in [0.25, 0.3) is 0 Å². The molecule has 1 rings (SSSR count). The number of rotatable bonds is 1. The normalized spacial score (nSPS) is 10.6. The van der Waals surface area contributed by atoms with Crippen molar-refractivity contribution >= 4 is 79.7 Å². The van der Waals surface area contributed by atoms with E-state index < -0.39 is 0 Å². The summed E-state index contributed by atoms with van der Waals surface area (Å²) in [4.78, 5) is 0.407. The van der Waals surface area contributed by atoms with Gasteiger partial charge >= 0.3 is 0 Å². The summed E-state index contributed by atoms with van der Waals surface area (Å²) in [6, 6.07) is 0. The SMILES string of the molecule is ClSc1c(Cl)c(Cl)c(Cl)c(Cl)c1Cl.